The molecule has 1 amide bonds. The maximum Gasteiger partial charge on any atom is 0.407 e. The lowest BCUT2D eigenvalue weighted by molar-refractivity contribution is 0.0142. The highest BCUT2D eigenvalue weighted by atomic mass is 19.1. The number of halogens is 3. The average molecular weight is 355 g/mol. The Morgan fingerprint density at radius 2 is 1.68 bits per heavy atom. The summed E-state index contributed by atoms with van der Waals surface area (Å²) in [5.41, 5.74) is -0.137. The zero-order chi connectivity index (χ0) is 18.4. The van der Waals surface area contributed by atoms with Gasteiger partial charge in [-0.25, -0.2) is 18.0 Å². The highest BCUT2D eigenvalue weighted by Crippen LogP contribution is 2.24. The van der Waals surface area contributed by atoms with E-state index in [1.165, 1.54) is 0 Å². The van der Waals surface area contributed by atoms with Crippen molar-refractivity contribution in [2.24, 2.45) is 0 Å². The molecule has 0 aromatic heterocycles. The van der Waals surface area contributed by atoms with Crippen molar-refractivity contribution in [3.05, 3.63) is 71.0 Å². The van der Waals surface area contributed by atoms with Gasteiger partial charge in [0.2, 0.25) is 0 Å². The molecule has 0 saturated heterocycles. The van der Waals surface area contributed by atoms with Crippen LogP contribution in [-0.4, -0.2) is 29.0 Å². The van der Waals surface area contributed by atoms with Crippen molar-refractivity contribution in [3.8, 4) is 0 Å². The van der Waals surface area contributed by atoms with Gasteiger partial charge in [0.15, 0.2) is 0 Å². The van der Waals surface area contributed by atoms with Crippen LogP contribution in [0.3, 0.4) is 0 Å². The van der Waals surface area contributed by atoms with E-state index < -0.39 is 47.9 Å². The first-order valence-electron chi connectivity index (χ1n) is 7.33. The topological polar surface area (TPSA) is 78.8 Å². The van der Waals surface area contributed by atoms with E-state index in [-0.39, 0.29) is 6.61 Å². The number of carbonyl (C=O) groups is 1. The number of hydrogen-bond acceptors (Lipinski definition) is 4. The fourth-order valence-electron chi connectivity index (χ4n) is 2.10. The van der Waals surface area contributed by atoms with Gasteiger partial charge in [0.05, 0.1) is 5.56 Å². The Hall–Kier alpha value is -2.58. The number of hydrogen-bond donors (Lipinski definition) is 3. The maximum atomic E-state index is 13.6. The molecule has 0 saturated carbocycles. The van der Waals surface area contributed by atoms with Gasteiger partial charge in [-0.2, -0.15) is 0 Å². The Morgan fingerprint density at radius 1 is 1.08 bits per heavy atom. The van der Waals surface area contributed by atoms with Gasteiger partial charge in [0.1, 0.15) is 36.3 Å². The van der Waals surface area contributed by atoms with Gasteiger partial charge in [-0.05, 0) is 5.56 Å². The molecule has 134 valence electrons. The van der Waals surface area contributed by atoms with Crippen molar-refractivity contribution < 1.29 is 32.9 Å². The second kappa shape index (κ2) is 8.50. The molecule has 2 aromatic rings. The van der Waals surface area contributed by atoms with Crippen LogP contribution in [0, 0.1) is 17.5 Å². The third-order valence-corrected chi connectivity index (χ3v) is 3.37. The lowest BCUT2D eigenvalue weighted by Gasteiger charge is -2.19. The molecular weight excluding hydrogens is 339 g/mol. The summed E-state index contributed by atoms with van der Waals surface area (Å²) in [6, 6.07) is 9.59. The van der Waals surface area contributed by atoms with Gasteiger partial charge >= 0.3 is 6.09 Å². The Kier molecular flexibility index (Phi) is 6.37. The predicted octanol–water partition coefficient (Wildman–Crippen LogP) is 2.42. The quantitative estimate of drug-likeness (QED) is 0.744. The van der Waals surface area contributed by atoms with Crippen molar-refractivity contribution >= 4 is 6.09 Å². The van der Waals surface area contributed by atoms with E-state index in [1.807, 2.05) is 0 Å². The fourth-order valence-corrected chi connectivity index (χ4v) is 2.10. The lowest BCUT2D eigenvalue weighted by Crippen LogP contribution is -2.36. The number of alkyl carbamates (subject to hydrolysis) is 1. The predicted molar refractivity (Wildman–Crippen MR) is 81.9 cm³/mol. The first-order valence-corrected chi connectivity index (χ1v) is 7.33. The van der Waals surface area contributed by atoms with Crippen molar-refractivity contribution in [2.45, 2.75) is 18.8 Å². The standard InChI is InChI=1S/C17H16F3NO4/c18-11-6-12(19)15(13(20)7-11)16(23)14(22)8-21-17(24)25-9-10-4-2-1-3-5-10/h1-7,14,16,22-23H,8-9H2,(H,21,24). The Bertz CT molecular complexity index is 704. The summed E-state index contributed by atoms with van der Waals surface area (Å²) in [5.74, 6) is -3.82. The molecule has 2 atom stereocenters. The minimum absolute atomic E-state index is 0.00740. The molecule has 5 nitrogen and oxygen atoms in total. The second-order valence-electron chi connectivity index (χ2n) is 5.24. The smallest absolute Gasteiger partial charge is 0.407 e. The van der Waals surface area contributed by atoms with Gasteiger partial charge in [-0.3, -0.25) is 0 Å². The van der Waals surface area contributed by atoms with Crippen molar-refractivity contribution in [2.75, 3.05) is 6.54 Å². The summed E-state index contributed by atoms with van der Waals surface area (Å²) in [4.78, 5) is 11.5. The number of rotatable bonds is 6. The van der Waals surface area contributed by atoms with E-state index in [9.17, 15) is 28.2 Å². The van der Waals surface area contributed by atoms with Crippen molar-refractivity contribution in [1.29, 1.82) is 0 Å². The number of aliphatic hydroxyl groups is 2. The molecule has 2 unspecified atom stereocenters. The van der Waals surface area contributed by atoms with Crippen molar-refractivity contribution in [3.63, 3.8) is 0 Å². The molecule has 0 aliphatic heterocycles. The molecule has 2 rings (SSSR count). The van der Waals surface area contributed by atoms with Crippen LogP contribution in [0.5, 0.6) is 0 Å². The molecule has 8 heteroatoms. The van der Waals surface area contributed by atoms with E-state index in [4.69, 9.17) is 4.74 Å². The van der Waals surface area contributed by atoms with E-state index in [0.717, 1.165) is 5.56 Å². The van der Waals surface area contributed by atoms with Crippen LogP contribution in [0.15, 0.2) is 42.5 Å². The zero-order valence-electron chi connectivity index (χ0n) is 13.0. The molecule has 2 aromatic carbocycles. The van der Waals surface area contributed by atoms with Gasteiger partial charge in [-0.15, -0.1) is 0 Å². The summed E-state index contributed by atoms with van der Waals surface area (Å²) in [6.07, 6.45) is -4.59. The van der Waals surface area contributed by atoms with Crippen LogP contribution in [0.1, 0.15) is 17.2 Å². The first-order chi connectivity index (χ1) is 11.9. The summed E-state index contributed by atoms with van der Waals surface area (Å²) in [7, 11) is 0. The minimum Gasteiger partial charge on any atom is -0.445 e. The normalized spacial score (nSPS) is 13.2. The van der Waals surface area contributed by atoms with Crippen LogP contribution in [0.2, 0.25) is 0 Å². The number of ether oxygens (including phenoxy) is 1. The molecule has 3 N–H and O–H groups in total. The first kappa shape index (κ1) is 18.8. The molecule has 0 aliphatic rings. The largest absolute Gasteiger partial charge is 0.445 e. The highest BCUT2D eigenvalue weighted by Gasteiger charge is 2.26. The Labute approximate surface area is 141 Å². The SMILES string of the molecule is O=C(NCC(O)C(O)c1c(F)cc(F)cc1F)OCc1ccccc1. The van der Waals surface area contributed by atoms with Crippen LogP contribution < -0.4 is 5.32 Å². The lowest BCUT2D eigenvalue weighted by atomic mass is 10.0. The minimum atomic E-state index is -1.99. The maximum absolute atomic E-state index is 13.6. The van der Waals surface area contributed by atoms with E-state index in [0.29, 0.717) is 12.1 Å². The molecule has 0 radical (unpaired) electrons. The molecule has 25 heavy (non-hydrogen) atoms. The van der Waals surface area contributed by atoms with E-state index in [2.05, 4.69) is 5.32 Å². The van der Waals surface area contributed by atoms with E-state index >= 15 is 0 Å². The number of nitrogens with one attached hydrogen (secondary N) is 1. The third-order valence-electron chi connectivity index (χ3n) is 3.37. The summed E-state index contributed by atoms with van der Waals surface area (Å²) < 4.78 is 44.9. The summed E-state index contributed by atoms with van der Waals surface area (Å²) >= 11 is 0. The molecule has 0 fully saturated rings. The van der Waals surface area contributed by atoms with E-state index in [1.54, 1.807) is 30.3 Å². The van der Waals surface area contributed by atoms with Crippen LogP contribution in [0.4, 0.5) is 18.0 Å². The van der Waals surface area contributed by atoms with Crippen molar-refractivity contribution in [1.82, 2.24) is 5.32 Å². The molecule has 0 bridgehead atoms. The fraction of sp³-hybridized carbons (Fsp3) is 0.235. The highest BCUT2D eigenvalue weighted by molar-refractivity contribution is 5.67. The van der Waals surface area contributed by atoms with Crippen LogP contribution >= 0.6 is 0 Å². The molecular formula is C17H16F3NO4. The van der Waals surface area contributed by atoms with Gasteiger partial charge < -0.3 is 20.3 Å². The van der Waals surface area contributed by atoms with Crippen LogP contribution in [-0.2, 0) is 11.3 Å². The summed E-state index contributed by atoms with van der Waals surface area (Å²) in [5, 5.41) is 21.8. The zero-order valence-corrected chi connectivity index (χ0v) is 13.0. The van der Waals surface area contributed by atoms with Gasteiger partial charge in [-0.1, -0.05) is 30.3 Å². The number of aliphatic hydroxyl groups excluding tert-OH is 2. The van der Waals surface area contributed by atoms with Crippen LogP contribution in [0.25, 0.3) is 0 Å². The molecule has 0 spiro atoms. The molecule has 0 heterocycles. The number of carbonyl (C=O) groups excluding carboxylic acids is 1. The van der Waals surface area contributed by atoms with Gasteiger partial charge in [0, 0.05) is 18.7 Å². The third kappa shape index (κ3) is 5.20. The Morgan fingerprint density at radius 3 is 2.28 bits per heavy atom. The molecule has 0 aliphatic carbocycles. The second-order valence-corrected chi connectivity index (χ2v) is 5.24. The Balaban J connectivity index is 1.87. The van der Waals surface area contributed by atoms with Gasteiger partial charge in [0.25, 0.3) is 0 Å². The monoisotopic (exact) mass is 355 g/mol. The number of amides is 1. The average Bonchev–Trinajstić information content (AvgIpc) is 2.57. The number of benzene rings is 2. The summed E-state index contributed by atoms with van der Waals surface area (Å²) in [6.45, 7) is -0.530.